The fourth-order valence-corrected chi connectivity index (χ4v) is 4.05. The van der Waals surface area contributed by atoms with E-state index in [0.29, 0.717) is 17.8 Å². The lowest BCUT2D eigenvalue weighted by molar-refractivity contribution is 0.186. The van der Waals surface area contributed by atoms with E-state index in [9.17, 15) is 0 Å². The molecule has 3 heterocycles. The molecule has 0 atom stereocenters. The van der Waals surface area contributed by atoms with Gasteiger partial charge in [0.15, 0.2) is 5.65 Å². The maximum absolute atomic E-state index is 15.1. The molecule has 0 aliphatic rings. The Morgan fingerprint density at radius 1 is 1.06 bits per heavy atom. The molecule has 0 aliphatic heterocycles. The molecule has 0 amide bonds. The molecule has 5 rings (SSSR count). The first kappa shape index (κ1) is 19.3. The lowest BCUT2D eigenvalue weighted by atomic mass is 9.94. The Hall–Kier alpha value is -3.65. The van der Waals surface area contributed by atoms with Gasteiger partial charge in [0, 0.05) is 37.2 Å². The van der Waals surface area contributed by atoms with E-state index in [-0.39, 0.29) is 5.82 Å². The van der Waals surface area contributed by atoms with Gasteiger partial charge < -0.3 is 9.30 Å². The molecule has 0 saturated carbocycles. The van der Waals surface area contributed by atoms with Crippen molar-refractivity contribution in [1.82, 2.24) is 29.5 Å². The molecule has 0 bridgehead atoms. The van der Waals surface area contributed by atoms with Gasteiger partial charge in [-0.05, 0) is 41.8 Å². The van der Waals surface area contributed by atoms with Crippen LogP contribution in [0.25, 0.3) is 44.3 Å². The van der Waals surface area contributed by atoms with E-state index in [0.717, 1.165) is 45.2 Å². The van der Waals surface area contributed by atoms with Crippen LogP contribution in [0.5, 0.6) is 0 Å². The SMILES string of the molecule is CCn1cnc2c(-c3ccc(F)c(-c4ccc5c(cnn5C)c4COC)c3)cnnc21. The van der Waals surface area contributed by atoms with E-state index in [2.05, 4.69) is 20.3 Å². The number of halogens is 1. The van der Waals surface area contributed by atoms with E-state index in [1.807, 2.05) is 36.7 Å². The van der Waals surface area contributed by atoms with Gasteiger partial charge in [0.2, 0.25) is 0 Å². The molecule has 0 aliphatic carbocycles. The van der Waals surface area contributed by atoms with E-state index in [1.54, 1.807) is 36.6 Å². The van der Waals surface area contributed by atoms with Gasteiger partial charge in [0.25, 0.3) is 0 Å². The zero-order chi connectivity index (χ0) is 21.5. The molecule has 0 N–H and O–H groups in total. The van der Waals surface area contributed by atoms with Crippen LogP contribution >= 0.6 is 0 Å². The molecule has 31 heavy (non-hydrogen) atoms. The summed E-state index contributed by atoms with van der Waals surface area (Å²) in [5.74, 6) is -0.304. The second kappa shape index (κ2) is 7.55. The standard InChI is InChI=1S/C23H21FN6O/c1-4-30-13-25-22-17(10-26-28-23(22)30)14-5-7-20(24)16(9-14)15-6-8-21-18(11-27-29(21)2)19(15)12-31-3/h5-11,13H,4,12H2,1-3H3. The Labute approximate surface area is 178 Å². The number of aryl methyl sites for hydroxylation is 2. The highest BCUT2D eigenvalue weighted by Crippen LogP contribution is 2.36. The van der Waals surface area contributed by atoms with Crippen LogP contribution < -0.4 is 0 Å². The maximum atomic E-state index is 15.1. The van der Waals surface area contributed by atoms with Crippen molar-refractivity contribution in [3.8, 4) is 22.3 Å². The average molecular weight is 416 g/mol. The topological polar surface area (TPSA) is 70.7 Å². The summed E-state index contributed by atoms with van der Waals surface area (Å²) in [4.78, 5) is 4.52. The number of ether oxygens (including phenoxy) is 1. The first-order valence-electron chi connectivity index (χ1n) is 10.0. The zero-order valence-electron chi connectivity index (χ0n) is 17.5. The molecule has 5 aromatic rings. The monoisotopic (exact) mass is 416 g/mol. The second-order valence-electron chi connectivity index (χ2n) is 7.38. The van der Waals surface area contributed by atoms with E-state index < -0.39 is 0 Å². The fraction of sp³-hybridized carbons (Fsp3) is 0.217. The van der Waals surface area contributed by atoms with Gasteiger partial charge in [-0.2, -0.15) is 10.2 Å². The Morgan fingerprint density at radius 3 is 2.74 bits per heavy atom. The molecule has 0 fully saturated rings. The number of benzene rings is 2. The Bertz CT molecular complexity index is 1420. The van der Waals surface area contributed by atoms with Crippen LogP contribution in [0.15, 0.2) is 49.1 Å². The zero-order valence-corrected chi connectivity index (χ0v) is 17.5. The lowest BCUT2D eigenvalue weighted by Crippen LogP contribution is -1.98. The molecule has 3 aromatic heterocycles. The third-order valence-corrected chi connectivity index (χ3v) is 5.64. The molecule has 0 unspecified atom stereocenters. The van der Waals surface area contributed by atoms with E-state index in [4.69, 9.17) is 4.74 Å². The van der Waals surface area contributed by atoms with Crippen LogP contribution in [0.4, 0.5) is 4.39 Å². The van der Waals surface area contributed by atoms with Gasteiger partial charge in [-0.1, -0.05) is 12.1 Å². The molecule has 156 valence electrons. The van der Waals surface area contributed by atoms with Crippen molar-refractivity contribution >= 4 is 22.1 Å². The number of hydrogen-bond acceptors (Lipinski definition) is 5. The molecular formula is C23H21FN6O. The van der Waals surface area contributed by atoms with Crippen molar-refractivity contribution in [2.24, 2.45) is 7.05 Å². The van der Waals surface area contributed by atoms with Crippen molar-refractivity contribution in [1.29, 1.82) is 0 Å². The fourth-order valence-electron chi connectivity index (χ4n) is 4.05. The minimum atomic E-state index is -0.304. The summed E-state index contributed by atoms with van der Waals surface area (Å²) < 4.78 is 24.2. The molecular weight excluding hydrogens is 395 g/mol. The number of aromatic nitrogens is 6. The van der Waals surface area contributed by atoms with Gasteiger partial charge in [-0.3, -0.25) is 4.68 Å². The molecule has 7 nitrogen and oxygen atoms in total. The van der Waals surface area contributed by atoms with Gasteiger partial charge in [-0.25, -0.2) is 9.37 Å². The third kappa shape index (κ3) is 3.07. The van der Waals surface area contributed by atoms with E-state index in [1.165, 1.54) is 6.07 Å². The van der Waals surface area contributed by atoms with Crippen LogP contribution in [-0.4, -0.2) is 36.6 Å². The normalized spacial score (nSPS) is 11.6. The number of hydrogen-bond donors (Lipinski definition) is 0. The highest BCUT2D eigenvalue weighted by molar-refractivity contribution is 5.93. The Morgan fingerprint density at radius 2 is 1.94 bits per heavy atom. The first-order valence-corrected chi connectivity index (χ1v) is 10.0. The maximum Gasteiger partial charge on any atom is 0.183 e. The van der Waals surface area contributed by atoms with Gasteiger partial charge in [0.1, 0.15) is 11.3 Å². The van der Waals surface area contributed by atoms with Gasteiger partial charge in [-0.15, -0.1) is 5.10 Å². The van der Waals surface area contributed by atoms with Crippen LogP contribution in [0.2, 0.25) is 0 Å². The van der Waals surface area contributed by atoms with Crippen molar-refractivity contribution in [2.75, 3.05) is 7.11 Å². The van der Waals surface area contributed by atoms with Crippen molar-refractivity contribution in [2.45, 2.75) is 20.1 Å². The van der Waals surface area contributed by atoms with Gasteiger partial charge in [0.05, 0.1) is 30.8 Å². The quantitative estimate of drug-likeness (QED) is 0.426. The largest absolute Gasteiger partial charge is 0.380 e. The molecule has 0 radical (unpaired) electrons. The summed E-state index contributed by atoms with van der Waals surface area (Å²) in [6.45, 7) is 3.12. The molecule has 0 spiro atoms. The second-order valence-corrected chi connectivity index (χ2v) is 7.38. The predicted octanol–water partition coefficient (Wildman–Crippen LogP) is 4.35. The summed E-state index contributed by atoms with van der Waals surface area (Å²) >= 11 is 0. The Kier molecular flexibility index (Phi) is 4.71. The summed E-state index contributed by atoms with van der Waals surface area (Å²) in [5, 5.41) is 13.7. The minimum absolute atomic E-state index is 0.304. The van der Waals surface area contributed by atoms with Crippen LogP contribution in [-0.2, 0) is 24.9 Å². The number of methoxy groups -OCH3 is 1. The van der Waals surface area contributed by atoms with Crippen molar-refractivity contribution in [3.63, 3.8) is 0 Å². The molecule has 8 heteroatoms. The minimum Gasteiger partial charge on any atom is -0.380 e. The molecule has 2 aromatic carbocycles. The summed E-state index contributed by atoms with van der Waals surface area (Å²) in [6.07, 6.45) is 5.22. The number of rotatable bonds is 5. The number of imidazole rings is 1. The lowest BCUT2D eigenvalue weighted by Gasteiger charge is -2.13. The average Bonchev–Trinajstić information content (AvgIpc) is 3.38. The van der Waals surface area contributed by atoms with Gasteiger partial charge >= 0.3 is 0 Å². The van der Waals surface area contributed by atoms with Crippen molar-refractivity contribution in [3.05, 3.63) is 60.4 Å². The number of nitrogens with zero attached hydrogens (tertiary/aromatic N) is 6. The summed E-state index contributed by atoms with van der Waals surface area (Å²) in [6, 6.07) is 8.95. The van der Waals surface area contributed by atoms with Crippen LogP contribution in [0.3, 0.4) is 0 Å². The van der Waals surface area contributed by atoms with E-state index >= 15 is 4.39 Å². The summed E-state index contributed by atoms with van der Waals surface area (Å²) in [7, 11) is 3.52. The first-order chi connectivity index (χ1) is 15.1. The highest BCUT2D eigenvalue weighted by Gasteiger charge is 2.17. The van der Waals surface area contributed by atoms with Crippen molar-refractivity contribution < 1.29 is 9.13 Å². The predicted molar refractivity (Wildman–Crippen MR) is 117 cm³/mol. The van der Waals surface area contributed by atoms with Crippen LogP contribution in [0, 0.1) is 5.82 Å². The highest BCUT2D eigenvalue weighted by atomic mass is 19.1. The Balaban J connectivity index is 1.72. The summed E-state index contributed by atoms with van der Waals surface area (Å²) in [5.41, 5.74) is 6.24. The smallest absolute Gasteiger partial charge is 0.183 e. The molecule has 0 saturated heterocycles. The van der Waals surface area contributed by atoms with Crippen LogP contribution in [0.1, 0.15) is 12.5 Å². The number of fused-ring (bicyclic) bond motifs is 2. The third-order valence-electron chi connectivity index (χ3n) is 5.64.